The predicted octanol–water partition coefficient (Wildman–Crippen LogP) is 0.176. The molecule has 0 aromatic carbocycles. The van der Waals surface area contributed by atoms with Gasteiger partial charge in [0.1, 0.15) is 6.10 Å². The van der Waals surface area contributed by atoms with Crippen LogP contribution in [0.2, 0.25) is 0 Å². The lowest BCUT2D eigenvalue weighted by molar-refractivity contribution is -0.212. The Hall–Kier alpha value is -0.860. The molecule has 1 saturated heterocycles. The Morgan fingerprint density at radius 2 is 2.12 bits per heavy atom. The monoisotopic (exact) mass is 257 g/mol. The van der Waals surface area contributed by atoms with Crippen molar-refractivity contribution in [1.29, 1.82) is 0 Å². The number of hydrogen-bond acceptors (Lipinski definition) is 4. The highest BCUT2D eigenvalue weighted by molar-refractivity contribution is 5.82. The Morgan fingerprint density at radius 1 is 1.53 bits per heavy atom. The standard InChI is InChI=1S/C9H14F3NO4/c1-4-7(16-2)5(3-6(14)17-4)13-8(15)9(10,11)12/h4-7,14H,3H2,1-2H3,(H,13,15)/t4-,5-,6-,7-/m0/s1. The summed E-state index contributed by atoms with van der Waals surface area (Å²) in [5, 5.41) is 11.1. The fourth-order valence-corrected chi connectivity index (χ4v) is 1.81. The number of alkyl halides is 3. The maximum atomic E-state index is 12.1. The molecule has 0 aliphatic carbocycles. The average Bonchev–Trinajstić information content (AvgIpc) is 2.15. The largest absolute Gasteiger partial charge is 0.471 e. The lowest BCUT2D eigenvalue weighted by Crippen LogP contribution is -2.57. The molecule has 1 rings (SSSR count). The van der Waals surface area contributed by atoms with Gasteiger partial charge in [0.2, 0.25) is 0 Å². The van der Waals surface area contributed by atoms with Crippen LogP contribution in [0.15, 0.2) is 0 Å². The Kier molecular flexibility index (Phi) is 4.34. The van der Waals surface area contributed by atoms with Crippen molar-refractivity contribution < 1.29 is 32.5 Å². The van der Waals surface area contributed by atoms with Crippen molar-refractivity contribution >= 4 is 5.91 Å². The third-order valence-corrected chi connectivity index (χ3v) is 2.53. The summed E-state index contributed by atoms with van der Waals surface area (Å²) in [5.41, 5.74) is 0. The van der Waals surface area contributed by atoms with Crippen LogP contribution in [-0.2, 0) is 14.3 Å². The lowest BCUT2D eigenvalue weighted by atomic mass is 9.99. The fraction of sp³-hybridized carbons (Fsp3) is 0.889. The van der Waals surface area contributed by atoms with Crippen molar-refractivity contribution in [2.75, 3.05) is 7.11 Å². The Bertz CT molecular complexity index is 284. The fourth-order valence-electron chi connectivity index (χ4n) is 1.81. The topological polar surface area (TPSA) is 67.8 Å². The summed E-state index contributed by atoms with van der Waals surface area (Å²) < 4.78 is 46.2. The first kappa shape index (κ1) is 14.2. The second-order valence-electron chi connectivity index (χ2n) is 3.81. The van der Waals surface area contributed by atoms with Crippen LogP contribution < -0.4 is 5.32 Å². The molecule has 0 saturated carbocycles. The number of carbonyl (C=O) groups is 1. The van der Waals surface area contributed by atoms with Gasteiger partial charge in [-0.05, 0) is 6.92 Å². The summed E-state index contributed by atoms with van der Waals surface area (Å²) in [6.45, 7) is 1.54. The highest BCUT2D eigenvalue weighted by atomic mass is 19.4. The Morgan fingerprint density at radius 3 is 2.59 bits per heavy atom. The number of halogens is 3. The molecule has 4 atom stereocenters. The molecule has 8 heteroatoms. The zero-order valence-corrected chi connectivity index (χ0v) is 9.32. The molecular weight excluding hydrogens is 243 g/mol. The number of methoxy groups -OCH3 is 1. The second-order valence-corrected chi connectivity index (χ2v) is 3.81. The SMILES string of the molecule is CO[C@@H]1[C@@H](NC(=O)C(F)(F)F)C[C@@H](O)O[C@H]1C. The zero-order valence-electron chi connectivity index (χ0n) is 9.32. The van der Waals surface area contributed by atoms with Crippen molar-refractivity contribution in [2.24, 2.45) is 0 Å². The highest BCUT2D eigenvalue weighted by Crippen LogP contribution is 2.23. The van der Waals surface area contributed by atoms with E-state index < -0.39 is 36.6 Å². The molecule has 0 spiro atoms. The van der Waals surface area contributed by atoms with E-state index in [1.165, 1.54) is 7.11 Å². The van der Waals surface area contributed by atoms with Gasteiger partial charge >= 0.3 is 12.1 Å². The molecule has 100 valence electrons. The minimum atomic E-state index is -4.95. The number of carbonyl (C=O) groups excluding carboxylic acids is 1. The summed E-state index contributed by atoms with van der Waals surface area (Å²) in [4.78, 5) is 10.8. The first-order valence-corrected chi connectivity index (χ1v) is 4.99. The molecule has 1 heterocycles. The van der Waals surface area contributed by atoms with Crippen LogP contribution >= 0.6 is 0 Å². The van der Waals surface area contributed by atoms with Crippen LogP contribution in [0, 0.1) is 0 Å². The van der Waals surface area contributed by atoms with E-state index >= 15 is 0 Å². The minimum Gasteiger partial charge on any atom is -0.377 e. The van der Waals surface area contributed by atoms with Crippen molar-refractivity contribution in [2.45, 2.75) is 44.1 Å². The summed E-state index contributed by atoms with van der Waals surface area (Å²) in [6, 6.07) is -0.937. The number of aliphatic hydroxyl groups is 1. The normalized spacial score (nSPS) is 34.5. The number of ether oxygens (including phenoxy) is 2. The van der Waals surface area contributed by atoms with Gasteiger partial charge in [-0.2, -0.15) is 13.2 Å². The van der Waals surface area contributed by atoms with Gasteiger partial charge in [-0.15, -0.1) is 0 Å². The molecule has 1 fully saturated rings. The van der Waals surface area contributed by atoms with Gasteiger partial charge in [0.05, 0.1) is 12.1 Å². The molecule has 17 heavy (non-hydrogen) atoms. The van der Waals surface area contributed by atoms with Gasteiger partial charge in [-0.25, -0.2) is 0 Å². The first-order valence-electron chi connectivity index (χ1n) is 4.99. The molecule has 5 nitrogen and oxygen atoms in total. The molecule has 0 unspecified atom stereocenters. The summed E-state index contributed by atoms with van der Waals surface area (Å²) in [5.74, 6) is -2.05. The number of rotatable bonds is 2. The van der Waals surface area contributed by atoms with E-state index in [1.54, 1.807) is 12.2 Å². The zero-order chi connectivity index (χ0) is 13.2. The van der Waals surface area contributed by atoms with E-state index in [9.17, 15) is 23.1 Å². The summed E-state index contributed by atoms with van der Waals surface area (Å²) >= 11 is 0. The summed E-state index contributed by atoms with van der Waals surface area (Å²) in [7, 11) is 1.30. The number of aliphatic hydroxyl groups excluding tert-OH is 1. The van der Waals surface area contributed by atoms with Gasteiger partial charge in [-0.1, -0.05) is 0 Å². The van der Waals surface area contributed by atoms with Crippen LogP contribution in [-0.4, -0.2) is 48.8 Å². The molecule has 2 N–H and O–H groups in total. The van der Waals surface area contributed by atoms with E-state index in [0.717, 1.165) is 0 Å². The molecule has 0 radical (unpaired) electrons. The van der Waals surface area contributed by atoms with Gasteiger partial charge in [-0.3, -0.25) is 4.79 Å². The van der Waals surface area contributed by atoms with Gasteiger partial charge in [0.25, 0.3) is 0 Å². The number of amides is 1. The maximum Gasteiger partial charge on any atom is 0.471 e. The van der Waals surface area contributed by atoms with Crippen LogP contribution in [0.25, 0.3) is 0 Å². The number of hydrogen-bond donors (Lipinski definition) is 2. The molecule has 1 amide bonds. The predicted molar refractivity (Wildman–Crippen MR) is 50.0 cm³/mol. The minimum absolute atomic E-state index is 0.148. The van der Waals surface area contributed by atoms with Gasteiger partial charge < -0.3 is 19.9 Å². The first-order chi connectivity index (χ1) is 7.75. The van der Waals surface area contributed by atoms with Crippen LogP contribution in [0.4, 0.5) is 13.2 Å². The van der Waals surface area contributed by atoms with Gasteiger partial charge in [0.15, 0.2) is 6.29 Å². The number of nitrogens with one attached hydrogen (secondary N) is 1. The maximum absolute atomic E-state index is 12.1. The molecule has 1 aliphatic heterocycles. The lowest BCUT2D eigenvalue weighted by Gasteiger charge is -2.38. The molecule has 0 aromatic heterocycles. The van der Waals surface area contributed by atoms with Gasteiger partial charge in [0, 0.05) is 13.5 Å². The third kappa shape index (κ3) is 3.55. The Balaban J connectivity index is 2.69. The van der Waals surface area contributed by atoms with Crippen LogP contribution in [0.5, 0.6) is 0 Å². The molecule has 0 aromatic rings. The molecule has 1 aliphatic rings. The van der Waals surface area contributed by atoms with Crippen molar-refractivity contribution in [3.63, 3.8) is 0 Å². The Labute approximate surface area is 95.9 Å². The molecular formula is C9H14F3NO4. The van der Waals surface area contributed by atoms with E-state index in [0.29, 0.717) is 0 Å². The van der Waals surface area contributed by atoms with E-state index in [1.807, 2.05) is 0 Å². The average molecular weight is 257 g/mol. The van der Waals surface area contributed by atoms with Crippen molar-refractivity contribution in [1.82, 2.24) is 5.32 Å². The van der Waals surface area contributed by atoms with E-state index in [-0.39, 0.29) is 6.42 Å². The van der Waals surface area contributed by atoms with E-state index in [2.05, 4.69) is 0 Å². The van der Waals surface area contributed by atoms with Crippen molar-refractivity contribution in [3.8, 4) is 0 Å². The molecule has 0 bridgehead atoms. The van der Waals surface area contributed by atoms with E-state index in [4.69, 9.17) is 9.47 Å². The van der Waals surface area contributed by atoms with Crippen LogP contribution in [0.3, 0.4) is 0 Å². The van der Waals surface area contributed by atoms with Crippen molar-refractivity contribution in [3.05, 3.63) is 0 Å². The quantitative estimate of drug-likeness (QED) is 0.740. The van der Waals surface area contributed by atoms with Crippen LogP contribution in [0.1, 0.15) is 13.3 Å². The third-order valence-electron chi connectivity index (χ3n) is 2.53. The smallest absolute Gasteiger partial charge is 0.377 e. The second kappa shape index (κ2) is 5.19. The highest BCUT2D eigenvalue weighted by Gasteiger charge is 2.44. The summed E-state index contributed by atoms with van der Waals surface area (Å²) in [6.07, 6.45) is -7.66.